The van der Waals surface area contributed by atoms with Crippen LogP contribution in [0.15, 0.2) is 40.2 Å². The number of aryl methyl sites for hydroxylation is 2. The number of piperidine rings is 1. The van der Waals surface area contributed by atoms with Gasteiger partial charge in [-0.25, -0.2) is 14.4 Å². The van der Waals surface area contributed by atoms with E-state index in [2.05, 4.69) is 9.97 Å². The highest BCUT2D eigenvalue weighted by Crippen LogP contribution is 2.22. The van der Waals surface area contributed by atoms with Crippen LogP contribution in [-0.4, -0.2) is 32.2 Å². The van der Waals surface area contributed by atoms with Crippen LogP contribution in [-0.2, 0) is 13.6 Å². The summed E-state index contributed by atoms with van der Waals surface area (Å²) in [6, 6.07) is 4.08. The Hall–Kier alpha value is -3.03. The average Bonchev–Trinajstić information content (AvgIpc) is 2.67. The zero-order valence-electron chi connectivity index (χ0n) is 15.9. The van der Waals surface area contributed by atoms with E-state index in [1.165, 1.54) is 22.8 Å². The number of benzene rings is 1. The van der Waals surface area contributed by atoms with E-state index < -0.39 is 5.82 Å². The quantitative estimate of drug-likeness (QED) is 0.690. The van der Waals surface area contributed by atoms with Crippen molar-refractivity contribution in [2.75, 3.05) is 18.0 Å². The normalized spacial score (nSPS) is 15.3. The molecule has 0 spiro atoms. The molecule has 8 heteroatoms. The zero-order valence-corrected chi connectivity index (χ0v) is 15.9. The minimum absolute atomic E-state index is 0.0982. The molecule has 0 saturated carbocycles. The van der Waals surface area contributed by atoms with E-state index in [1.807, 2.05) is 4.90 Å². The van der Waals surface area contributed by atoms with Gasteiger partial charge in [0.15, 0.2) is 5.82 Å². The molecular weight excluding hydrogens is 361 g/mol. The predicted octanol–water partition coefficient (Wildman–Crippen LogP) is 1.85. The van der Waals surface area contributed by atoms with Gasteiger partial charge in [0.2, 0.25) is 0 Å². The lowest BCUT2D eigenvalue weighted by Crippen LogP contribution is -2.40. The van der Waals surface area contributed by atoms with Gasteiger partial charge in [-0.1, -0.05) is 0 Å². The first-order chi connectivity index (χ1) is 13.4. The summed E-state index contributed by atoms with van der Waals surface area (Å²) in [6.45, 7) is 3.78. The molecule has 0 N–H and O–H groups in total. The highest BCUT2D eigenvalue weighted by atomic mass is 19.1. The van der Waals surface area contributed by atoms with Gasteiger partial charge in [-0.3, -0.25) is 14.2 Å². The molecule has 28 heavy (non-hydrogen) atoms. The molecule has 7 nitrogen and oxygen atoms in total. The molecule has 1 aromatic carbocycles. The summed E-state index contributed by atoms with van der Waals surface area (Å²) in [7, 11) is 1.72. The van der Waals surface area contributed by atoms with E-state index >= 15 is 0 Å². The van der Waals surface area contributed by atoms with Crippen LogP contribution in [0.4, 0.5) is 10.2 Å². The van der Waals surface area contributed by atoms with E-state index in [0.29, 0.717) is 35.0 Å². The van der Waals surface area contributed by atoms with Crippen molar-refractivity contribution in [1.29, 1.82) is 0 Å². The summed E-state index contributed by atoms with van der Waals surface area (Å²) in [5, 5.41) is 0.432. The number of fused-ring (bicyclic) bond motifs is 1. The SMILES string of the molecule is Cc1nc2cc(F)ccc2c(=O)n1CC1CCN(c2nccn(C)c2=O)CC1. The largest absolute Gasteiger partial charge is 0.352 e. The zero-order chi connectivity index (χ0) is 19.8. The lowest BCUT2D eigenvalue weighted by Gasteiger charge is -2.32. The van der Waals surface area contributed by atoms with E-state index in [4.69, 9.17) is 0 Å². The first-order valence-electron chi connectivity index (χ1n) is 9.37. The minimum atomic E-state index is -0.399. The van der Waals surface area contributed by atoms with Gasteiger partial charge in [0.1, 0.15) is 11.6 Å². The molecule has 4 rings (SSSR count). The molecule has 0 bridgehead atoms. The fourth-order valence-electron chi connectivity index (χ4n) is 3.81. The van der Waals surface area contributed by atoms with E-state index in [0.717, 1.165) is 25.9 Å². The summed E-state index contributed by atoms with van der Waals surface area (Å²) in [5.74, 6) is 0.972. The summed E-state index contributed by atoms with van der Waals surface area (Å²) in [5.41, 5.74) is 0.155. The van der Waals surface area contributed by atoms with Gasteiger partial charge >= 0.3 is 0 Å². The van der Waals surface area contributed by atoms with Gasteiger partial charge < -0.3 is 9.47 Å². The van der Waals surface area contributed by atoms with Gasteiger partial charge in [0, 0.05) is 45.1 Å². The predicted molar refractivity (Wildman–Crippen MR) is 105 cm³/mol. The maximum Gasteiger partial charge on any atom is 0.293 e. The highest BCUT2D eigenvalue weighted by Gasteiger charge is 2.23. The standard InChI is InChI=1S/C20H22FN5O2/c1-13-23-17-11-15(21)3-4-16(17)19(27)26(13)12-14-5-8-25(9-6-14)18-20(28)24(2)10-7-22-18/h3-4,7,10-11,14H,5-6,8-9,12H2,1-2H3. The smallest absolute Gasteiger partial charge is 0.293 e. The van der Waals surface area contributed by atoms with Crippen molar-refractivity contribution < 1.29 is 4.39 Å². The second-order valence-electron chi connectivity index (χ2n) is 7.33. The number of halogens is 1. The molecule has 0 atom stereocenters. The third-order valence-electron chi connectivity index (χ3n) is 5.46. The topological polar surface area (TPSA) is 73.0 Å². The van der Waals surface area contributed by atoms with Crippen LogP contribution >= 0.6 is 0 Å². The van der Waals surface area contributed by atoms with Crippen LogP contribution in [0.5, 0.6) is 0 Å². The Morgan fingerprint density at radius 3 is 2.68 bits per heavy atom. The van der Waals surface area contributed by atoms with Crippen LogP contribution < -0.4 is 16.0 Å². The molecule has 0 amide bonds. The van der Waals surface area contributed by atoms with Crippen LogP contribution in [0.1, 0.15) is 18.7 Å². The van der Waals surface area contributed by atoms with Crippen molar-refractivity contribution in [3.05, 3.63) is 62.9 Å². The summed E-state index contributed by atoms with van der Waals surface area (Å²) >= 11 is 0. The highest BCUT2D eigenvalue weighted by molar-refractivity contribution is 5.77. The monoisotopic (exact) mass is 383 g/mol. The van der Waals surface area contributed by atoms with Crippen molar-refractivity contribution in [2.45, 2.75) is 26.3 Å². The van der Waals surface area contributed by atoms with Crippen LogP contribution in [0, 0.1) is 18.7 Å². The van der Waals surface area contributed by atoms with Gasteiger partial charge in [-0.2, -0.15) is 0 Å². The van der Waals surface area contributed by atoms with E-state index in [1.54, 1.807) is 30.9 Å². The Labute approximate surface area is 161 Å². The van der Waals surface area contributed by atoms with Crippen molar-refractivity contribution in [2.24, 2.45) is 13.0 Å². The Balaban J connectivity index is 1.52. The molecule has 1 saturated heterocycles. The molecule has 2 aromatic heterocycles. The second kappa shape index (κ2) is 7.18. The van der Waals surface area contributed by atoms with Crippen molar-refractivity contribution in [3.8, 4) is 0 Å². The maximum atomic E-state index is 13.4. The number of rotatable bonds is 3. The molecule has 0 aliphatic carbocycles. The van der Waals surface area contributed by atoms with Crippen molar-refractivity contribution in [1.82, 2.24) is 19.1 Å². The van der Waals surface area contributed by atoms with Gasteiger partial charge in [-0.15, -0.1) is 0 Å². The Bertz CT molecular complexity index is 1150. The average molecular weight is 383 g/mol. The molecule has 0 radical (unpaired) electrons. The summed E-state index contributed by atoms with van der Waals surface area (Å²) < 4.78 is 16.6. The third-order valence-corrected chi connectivity index (χ3v) is 5.46. The minimum Gasteiger partial charge on any atom is -0.352 e. The molecular formula is C20H22FN5O2. The Kier molecular flexibility index (Phi) is 4.70. The number of hydrogen-bond acceptors (Lipinski definition) is 5. The second-order valence-corrected chi connectivity index (χ2v) is 7.33. The number of nitrogens with zero attached hydrogens (tertiary/aromatic N) is 5. The van der Waals surface area contributed by atoms with Gasteiger partial charge in [0.25, 0.3) is 11.1 Å². The number of anilines is 1. The molecule has 1 fully saturated rings. The van der Waals surface area contributed by atoms with Crippen LogP contribution in [0.3, 0.4) is 0 Å². The number of aromatic nitrogens is 4. The number of hydrogen-bond donors (Lipinski definition) is 0. The first kappa shape index (κ1) is 18.3. The maximum absolute atomic E-state index is 13.4. The van der Waals surface area contributed by atoms with Gasteiger partial charge in [0.05, 0.1) is 10.9 Å². The van der Waals surface area contributed by atoms with Crippen molar-refractivity contribution in [3.63, 3.8) is 0 Å². The van der Waals surface area contributed by atoms with Crippen molar-refractivity contribution >= 4 is 16.7 Å². The Morgan fingerprint density at radius 1 is 1.18 bits per heavy atom. The fraction of sp³-hybridized carbons (Fsp3) is 0.400. The molecule has 1 aliphatic heterocycles. The van der Waals surface area contributed by atoms with E-state index in [-0.39, 0.29) is 11.1 Å². The molecule has 3 heterocycles. The van der Waals surface area contributed by atoms with Crippen LogP contribution in [0.2, 0.25) is 0 Å². The first-order valence-corrected chi connectivity index (χ1v) is 9.37. The third kappa shape index (κ3) is 3.30. The lowest BCUT2D eigenvalue weighted by atomic mass is 9.96. The molecule has 3 aromatic rings. The molecule has 0 unspecified atom stereocenters. The van der Waals surface area contributed by atoms with E-state index in [9.17, 15) is 14.0 Å². The summed E-state index contributed by atoms with van der Waals surface area (Å²) in [4.78, 5) is 35.7. The Morgan fingerprint density at radius 2 is 1.93 bits per heavy atom. The van der Waals surface area contributed by atoms with Gasteiger partial charge in [-0.05, 0) is 37.8 Å². The fourth-order valence-corrected chi connectivity index (χ4v) is 3.81. The summed E-state index contributed by atoms with van der Waals surface area (Å²) in [6.07, 6.45) is 4.99. The lowest BCUT2D eigenvalue weighted by molar-refractivity contribution is 0.347. The molecule has 1 aliphatic rings. The molecule has 146 valence electrons. The van der Waals surface area contributed by atoms with Crippen LogP contribution in [0.25, 0.3) is 10.9 Å².